The lowest BCUT2D eigenvalue weighted by Gasteiger charge is -2.25. The van der Waals surface area contributed by atoms with Crippen LogP contribution in [0.25, 0.3) is 54.1 Å². The lowest BCUT2D eigenvalue weighted by atomic mass is 10.00. The molecule has 0 saturated heterocycles. The molecule has 0 spiro atoms. The van der Waals surface area contributed by atoms with Gasteiger partial charge in [0.25, 0.3) is 0 Å². The highest BCUT2D eigenvalue weighted by Crippen LogP contribution is 2.39. The molecule has 8 aromatic rings. The third kappa shape index (κ3) is 3.70. The fourth-order valence-corrected chi connectivity index (χ4v) is 6.69. The topological polar surface area (TPSA) is 41.7 Å². The molecule has 0 radical (unpaired) electrons. The number of nitrogens with zero attached hydrogens (tertiary/aromatic N) is 3. The predicted molar refractivity (Wildman–Crippen MR) is 180 cm³/mol. The van der Waals surface area contributed by atoms with Crippen molar-refractivity contribution in [3.8, 4) is 0 Å². The first-order valence-corrected chi connectivity index (χ1v) is 14.6. The van der Waals surface area contributed by atoms with E-state index in [0.29, 0.717) is 5.84 Å². The standard InChI is InChI=1S/C39H26N4/c1-2-14-28(15-3-1)37-40-38(32-20-10-16-25-11-4-7-17-29(25)32)42-39(41-37)43-33-23-21-26-12-5-8-18-30(26)35(33)36-31-19-9-6-13-27(31)22-24-34(36)43/h1-24,38H,(H,40,41,42). The minimum absolute atomic E-state index is 0.317. The van der Waals surface area contributed by atoms with Crippen LogP contribution in [0.5, 0.6) is 0 Å². The molecule has 9 rings (SSSR count). The summed E-state index contributed by atoms with van der Waals surface area (Å²) in [6.07, 6.45) is -0.317. The summed E-state index contributed by atoms with van der Waals surface area (Å²) in [6.45, 7) is 0. The Bertz CT molecular complexity index is 2330. The number of fused-ring (bicyclic) bond motifs is 8. The van der Waals surface area contributed by atoms with E-state index < -0.39 is 0 Å². The fraction of sp³-hybridized carbons (Fsp3) is 0.0256. The first kappa shape index (κ1) is 23.9. The molecule has 1 aliphatic rings. The van der Waals surface area contributed by atoms with Gasteiger partial charge in [0, 0.05) is 21.9 Å². The lowest BCUT2D eigenvalue weighted by molar-refractivity contribution is 0.666. The van der Waals surface area contributed by atoms with E-state index in [9.17, 15) is 0 Å². The molecule has 1 N–H and O–H groups in total. The Balaban J connectivity index is 1.36. The van der Waals surface area contributed by atoms with Gasteiger partial charge in [0.2, 0.25) is 5.96 Å². The van der Waals surface area contributed by atoms with Crippen LogP contribution in [-0.2, 0) is 0 Å². The Morgan fingerprint density at radius 1 is 0.488 bits per heavy atom. The van der Waals surface area contributed by atoms with Gasteiger partial charge in [0.05, 0.1) is 11.0 Å². The van der Waals surface area contributed by atoms with Crippen molar-refractivity contribution in [2.45, 2.75) is 6.17 Å². The molecule has 0 amide bonds. The van der Waals surface area contributed by atoms with Crippen LogP contribution in [0, 0.1) is 0 Å². The number of aromatic nitrogens is 1. The molecule has 0 bridgehead atoms. The number of hydrogen-bond acceptors (Lipinski definition) is 3. The molecule has 202 valence electrons. The van der Waals surface area contributed by atoms with Crippen molar-refractivity contribution in [2.24, 2.45) is 9.98 Å². The predicted octanol–water partition coefficient (Wildman–Crippen LogP) is 9.21. The normalized spacial score (nSPS) is 15.2. The highest BCUT2D eigenvalue weighted by molar-refractivity contribution is 6.30. The van der Waals surface area contributed by atoms with Crippen LogP contribution < -0.4 is 5.32 Å². The summed E-state index contributed by atoms with van der Waals surface area (Å²) in [7, 11) is 0. The Hall–Kier alpha value is -5.74. The molecule has 0 aliphatic carbocycles. The van der Waals surface area contributed by atoms with Crippen LogP contribution >= 0.6 is 0 Å². The quantitative estimate of drug-likeness (QED) is 0.229. The van der Waals surface area contributed by atoms with Crippen LogP contribution in [0.15, 0.2) is 156 Å². The van der Waals surface area contributed by atoms with Gasteiger partial charge < -0.3 is 5.32 Å². The Morgan fingerprint density at radius 2 is 1.02 bits per heavy atom. The van der Waals surface area contributed by atoms with Gasteiger partial charge in [-0.1, -0.05) is 133 Å². The van der Waals surface area contributed by atoms with Crippen LogP contribution in [0.4, 0.5) is 0 Å². The first-order chi connectivity index (χ1) is 21.3. The van der Waals surface area contributed by atoms with Gasteiger partial charge in [-0.3, -0.25) is 4.57 Å². The zero-order chi connectivity index (χ0) is 28.3. The maximum Gasteiger partial charge on any atom is 0.211 e. The summed E-state index contributed by atoms with van der Waals surface area (Å²) >= 11 is 0. The van der Waals surface area contributed by atoms with Crippen molar-refractivity contribution in [1.29, 1.82) is 0 Å². The monoisotopic (exact) mass is 550 g/mol. The van der Waals surface area contributed by atoms with E-state index in [1.807, 2.05) is 18.2 Å². The number of benzene rings is 7. The average molecular weight is 551 g/mol. The summed E-state index contributed by atoms with van der Waals surface area (Å²) < 4.78 is 2.29. The second-order valence-electron chi connectivity index (χ2n) is 11.1. The van der Waals surface area contributed by atoms with E-state index in [0.717, 1.165) is 28.1 Å². The number of rotatable bonds is 2. The van der Waals surface area contributed by atoms with Crippen molar-refractivity contribution in [3.05, 3.63) is 157 Å². The largest absolute Gasteiger partial charge is 0.330 e. The smallest absolute Gasteiger partial charge is 0.211 e. The van der Waals surface area contributed by atoms with E-state index in [-0.39, 0.29) is 6.17 Å². The third-order valence-corrected chi connectivity index (χ3v) is 8.64. The van der Waals surface area contributed by atoms with Crippen molar-refractivity contribution >= 4 is 65.9 Å². The molecule has 43 heavy (non-hydrogen) atoms. The summed E-state index contributed by atoms with van der Waals surface area (Å²) in [5.74, 6) is 1.47. The minimum atomic E-state index is -0.317. The number of nitrogens with one attached hydrogen (secondary N) is 1. The van der Waals surface area contributed by atoms with Gasteiger partial charge in [-0.05, 0) is 44.5 Å². The second-order valence-corrected chi connectivity index (χ2v) is 11.1. The minimum Gasteiger partial charge on any atom is -0.330 e. The van der Waals surface area contributed by atoms with E-state index >= 15 is 0 Å². The molecule has 1 atom stereocenters. The summed E-state index contributed by atoms with van der Waals surface area (Å²) in [5, 5.41) is 13.5. The Morgan fingerprint density at radius 3 is 1.67 bits per heavy atom. The van der Waals surface area contributed by atoms with Crippen molar-refractivity contribution < 1.29 is 0 Å². The van der Waals surface area contributed by atoms with Gasteiger partial charge in [0.15, 0.2) is 5.84 Å². The van der Waals surface area contributed by atoms with Gasteiger partial charge in [0.1, 0.15) is 6.17 Å². The molecule has 1 unspecified atom stereocenters. The molecule has 4 nitrogen and oxygen atoms in total. The van der Waals surface area contributed by atoms with Crippen LogP contribution in [-0.4, -0.2) is 16.4 Å². The van der Waals surface area contributed by atoms with Crippen LogP contribution in [0.2, 0.25) is 0 Å². The highest BCUT2D eigenvalue weighted by atomic mass is 15.3. The number of hydrogen-bond donors (Lipinski definition) is 1. The van der Waals surface area contributed by atoms with Crippen molar-refractivity contribution in [2.75, 3.05) is 0 Å². The molecular formula is C39H26N4. The van der Waals surface area contributed by atoms with Crippen LogP contribution in [0.3, 0.4) is 0 Å². The van der Waals surface area contributed by atoms with E-state index in [2.05, 4.69) is 137 Å². The number of aliphatic imine (C=N–C) groups is 2. The molecule has 1 aromatic heterocycles. The van der Waals surface area contributed by atoms with E-state index in [1.165, 1.54) is 43.1 Å². The van der Waals surface area contributed by atoms with Gasteiger partial charge in [-0.2, -0.15) is 4.99 Å². The third-order valence-electron chi connectivity index (χ3n) is 8.64. The summed E-state index contributed by atoms with van der Waals surface area (Å²) in [4.78, 5) is 10.4. The van der Waals surface area contributed by atoms with Crippen LogP contribution in [0.1, 0.15) is 17.3 Å². The van der Waals surface area contributed by atoms with Gasteiger partial charge >= 0.3 is 0 Å². The average Bonchev–Trinajstić information content (AvgIpc) is 3.44. The first-order valence-electron chi connectivity index (χ1n) is 14.6. The Kier molecular flexibility index (Phi) is 5.23. The SMILES string of the molecule is c1ccc(C2=NC(c3cccc4ccccc34)NC(n3c4ccc5ccccc5c4c4c5ccccc5ccc43)=N2)cc1. The number of amidine groups is 1. The van der Waals surface area contributed by atoms with E-state index in [1.54, 1.807) is 0 Å². The zero-order valence-corrected chi connectivity index (χ0v) is 23.3. The van der Waals surface area contributed by atoms with Gasteiger partial charge in [-0.25, -0.2) is 4.99 Å². The Labute approximate surface area is 248 Å². The van der Waals surface area contributed by atoms with Crippen molar-refractivity contribution in [1.82, 2.24) is 9.88 Å². The summed E-state index contributed by atoms with van der Waals surface area (Å²) in [6, 6.07) is 51.4. The maximum absolute atomic E-state index is 5.23. The second kappa shape index (κ2) is 9.40. The maximum atomic E-state index is 5.23. The molecular weight excluding hydrogens is 524 g/mol. The molecule has 7 aromatic carbocycles. The molecule has 0 saturated carbocycles. The van der Waals surface area contributed by atoms with Crippen molar-refractivity contribution in [3.63, 3.8) is 0 Å². The van der Waals surface area contributed by atoms with Gasteiger partial charge in [-0.15, -0.1) is 0 Å². The molecule has 2 heterocycles. The van der Waals surface area contributed by atoms with E-state index in [4.69, 9.17) is 9.98 Å². The fourth-order valence-electron chi connectivity index (χ4n) is 6.69. The molecule has 1 aliphatic heterocycles. The molecule has 0 fully saturated rings. The zero-order valence-electron chi connectivity index (χ0n) is 23.3. The lowest BCUT2D eigenvalue weighted by Crippen LogP contribution is -2.37. The highest BCUT2D eigenvalue weighted by Gasteiger charge is 2.26. The summed E-state index contributed by atoms with van der Waals surface area (Å²) in [5.41, 5.74) is 4.34. The molecule has 4 heteroatoms.